The number of anilines is 3. The van der Waals surface area contributed by atoms with Gasteiger partial charge in [-0.15, -0.1) is 0 Å². The molecule has 2 atom stereocenters. The summed E-state index contributed by atoms with van der Waals surface area (Å²) >= 11 is 0. The first-order chi connectivity index (χ1) is 51.2. The fourth-order valence-electron chi connectivity index (χ4n) is 12.2. The minimum atomic E-state index is -1.67. The van der Waals surface area contributed by atoms with Gasteiger partial charge < -0.3 is 48.7 Å². The third kappa shape index (κ3) is 25.5. The van der Waals surface area contributed by atoms with Gasteiger partial charge in [0.1, 0.15) is 34.4 Å². The Hall–Kier alpha value is -10.1. The average molecular weight is 1580 g/mol. The van der Waals surface area contributed by atoms with Gasteiger partial charge in [-0.1, -0.05) is 215 Å². The number of carboxylic acids is 1. The molecule has 13 aromatic rings. The van der Waals surface area contributed by atoms with E-state index in [-0.39, 0.29) is 47.1 Å². The molecule has 2 heterocycles. The molecule has 109 heavy (non-hydrogen) atoms. The zero-order valence-corrected chi connectivity index (χ0v) is 68.3. The van der Waals surface area contributed by atoms with Crippen LogP contribution in [-0.2, 0) is 9.23 Å². The van der Waals surface area contributed by atoms with Gasteiger partial charge in [0.05, 0.1) is 41.0 Å². The predicted octanol–water partition coefficient (Wildman–Crippen LogP) is 16.1. The van der Waals surface area contributed by atoms with Crippen molar-refractivity contribution >= 4 is 143 Å². The second-order valence-corrected chi connectivity index (χ2v) is 39.5. The fourth-order valence-corrected chi connectivity index (χ4v) is 22.0. The summed E-state index contributed by atoms with van der Waals surface area (Å²) in [5, 5.41) is 57.4. The first kappa shape index (κ1) is 87.8. The molecular formula is C85H85Cl3MgN10O7SSi2. The van der Waals surface area contributed by atoms with Crippen LogP contribution in [0.3, 0.4) is 0 Å². The van der Waals surface area contributed by atoms with Crippen LogP contribution >= 0.6 is 21.4 Å². The molecule has 1 saturated carbocycles. The number of nitrogens with one attached hydrogen (secondary N) is 1. The summed E-state index contributed by atoms with van der Waals surface area (Å²) in [6.45, 7) is 26.2. The molecule has 24 heteroatoms. The molecule has 1 aliphatic rings. The average Bonchev–Trinajstić information content (AvgIpc) is 1.78. The summed E-state index contributed by atoms with van der Waals surface area (Å²) in [5.41, 5.74) is 21.4. The van der Waals surface area contributed by atoms with Crippen LogP contribution in [0.25, 0.3) is 48.5 Å². The Morgan fingerprint density at radius 3 is 1.61 bits per heavy atom. The van der Waals surface area contributed by atoms with Gasteiger partial charge in [0.2, 0.25) is 9.23 Å². The number of carbonyl (C=O) groups is 3. The summed E-state index contributed by atoms with van der Waals surface area (Å²) in [7, 11) is 4.78. The first-order valence-corrected chi connectivity index (χ1v) is 44.0. The maximum Gasteiger partial charge on any atom is 2.00 e. The zero-order valence-electron chi connectivity index (χ0n) is 61.8. The van der Waals surface area contributed by atoms with Crippen LogP contribution in [0.1, 0.15) is 95.6 Å². The number of nitrogens with two attached hydrogens (primary N) is 2. The number of benzene rings is 11. The molecule has 8 N–H and O–H groups in total. The molecule has 11 aromatic carbocycles. The molecule has 0 saturated heterocycles. The number of aromatic nitrogens is 4. The number of halogens is 3. The Balaban J connectivity index is 0.000000216. The van der Waals surface area contributed by atoms with Crippen molar-refractivity contribution in [2.75, 3.05) is 21.8 Å². The number of aromatic carboxylic acids is 1. The van der Waals surface area contributed by atoms with E-state index in [1.807, 2.05) is 177 Å². The fraction of sp³-hybridized carbons (Fsp3) is 0.165. The summed E-state index contributed by atoms with van der Waals surface area (Å²) in [4.78, 5) is 38.3. The number of nitrogen functional groups attached to an aromatic ring is 1. The minimum absolute atomic E-state index is 0. The van der Waals surface area contributed by atoms with E-state index in [2.05, 4.69) is 110 Å². The van der Waals surface area contributed by atoms with E-state index < -0.39 is 43.9 Å². The van der Waals surface area contributed by atoms with Crippen LogP contribution in [0.2, 0.25) is 39.3 Å². The Kier molecular flexibility index (Phi) is 33.9. The molecule has 1 amide bonds. The van der Waals surface area contributed by atoms with Gasteiger partial charge in [0.15, 0.2) is 17.7 Å². The molecule has 0 bridgehead atoms. The molecular weight excluding hydrogens is 1490 g/mol. The number of hydrogen-bond donors (Lipinski definition) is 6. The van der Waals surface area contributed by atoms with Crippen LogP contribution in [-0.4, -0.2) is 103 Å². The number of fused-ring (bicyclic) bond motifs is 3. The number of aldehydes is 1. The summed E-state index contributed by atoms with van der Waals surface area (Å²) in [5.74, 6) is -0.474. The van der Waals surface area contributed by atoms with Crippen molar-refractivity contribution < 1.29 is 46.3 Å². The normalized spacial score (nSPS) is 11.7. The second-order valence-electron chi connectivity index (χ2n) is 26.9. The Morgan fingerprint density at radius 2 is 1.13 bits per heavy atom. The molecule has 17 nitrogen and oxygen atoms in total. The van der Waals surface area contributed by atoms with E-state index in [9.17, 15) is 24.6 Å². The molecule has 14 rings (SSSR count). The zero-order chi connectivity index (χ0) is 77.4. The smallest absolute Gasteiger partial charge is 1.00 e. The largest absolute Gasteiger partial charge is 2.00 e. The van der Waals surface area contributed by atoms with Crippen LogP contribution in [0.15, 0.2) is 261 Å². The maximum atomic E-state index is 13.2. The predicted molar refractivity (Wildman–Crippen MR) is 447 cm³/mol. The van der Waals surface area contributed by atoms with Gasteiger partial charge in [-0.2, -0.15) is 45.8 Å². The van der Waals surface area contributed by atoms with Gasteiger partial charge >= 0.3 is 29.0 Å². The van der Waals surface area contributed by atoms with Crippen LogP contribution < -0.4 is 33.4 Å². The van der Waals surface area contributed by atoms with Crippen molar-refractivity contribution in [1.82, 2.24) is 19.6 Å². The minimum Gasteiger partial charge on any atom is -1.00 e. The summed E-state index contributed by atoms with van der Waals surface area (Å²) in [6.07, 6.45) is 2.16. The second kappa shape index (κ2) is 42.0. The van der Waals surface area contributed by atoms with Crippen molar-refractivity contribution in [3.63, 3.8) is 0 Å². The Morgan fingerprint density at radius 1 is 0.661 bits per heavy atom. The maximum absolute atomic E-state index is 13.2. The summed E-state index contributed by atoms with van der Waals surface area (Å²) in [6, 6.07) is 86.4. The molecule has 2 aromatic heterocycles. The Labute approximate surface area is 672 Å². The third-order valence-electron chi connectivity index (χ3n) is 16.7. The summed E-state index contributed by atoms with van der Waals surface area (Å²) < 4.78 is 14.6. The number of carbonyl (C=O) groups excluding carboxylic acids is 2. The van der Waals surface area contributed by atoms with E-state index in [1.165, 1.54) is 34.0 Å². The SMILES string of the molecule is C[Si](C)(C)N(c1c[c-]ccc1)[Si](C)(C)C.Cc1cc(C(=O)O)n(-c2cccc(C#N)c2)n1.NCC1CC1.Nc1cccc(C(O)c2cccc3ccccc23)c1.O=Cc1cccc2ccccc12.O=S(Cl)Cl.[C-]#[N+]c1cccc(-n2nc(C)cc2C(=O)Nc2cccc(C(O)c3cccc4ccccc34)c2)c1.[Cl-].[Mg+2]. The van der Waals surface area contributed by atoms with Crippen LogP contribution in [0, 0.1) is 43.7 Å². The molecule has 0 aliphatic heterocycles. The van der Waals surface area contributed by atoms with Crippen molar-refractivity contribution in [2.24, 2.45) is 11.7 Å². The van der Waals surface area contributed by atoms with Gasteiger partial charge in [-0.05, 0) is 160 Å². The molecule has 1 fully saturated rings. The standard InChI is InChI=1S/C29H22N4O2.C17H15NO.C12H9N3O2.C12H22NSi2.C11H8O.C4H9N.Cl2OS.ClH.Mg/c1-19-16-27(33(32-19)24-13-7-11-22(18-24)30-2)29(35)31-23-12-5-10-21(17-23)28(34)26-15-6-9-20-8-3-4-14-25(20)26;18-14-8-3-7-13(11-14)17(19)16-10-4-6-12-5-1-2-9-15(12)16;1-8-5-11(12(16)17)15(14-8)10-4-2-3-9(6-10)7-13;1-14(2,3)13(15(4,5)6)12-10-8-7-9-11-12;12-8-10-6-3-5-9-4-1-2-7-11(9)10;5-3-4-1-2-4;1-4(2)3;;/h3-18,28,34H,1H3,(H,31,35);1-11,17,19H,18H2;2-6H,1H3,(H,16,17);7-8,10-11H,1-6H3;1-8H;4H,1-3,5H2;;1H;/q;;;-1;;;;;+2/p-1. The number of nitrogens with zero attached hydrogens (tertiary/aromatic N) is 7. The Bertz CT molecular complexity index is 5280. The number of aryl methyl sites for hydroxylation is 2. The monoisotopic (exact) mass is 1570 g/mol. The van der Waals surface area contributed by atoms with Crippen molar-refractivity contribution in [2.45, 2.75) is 78.2 Å². The molecule has 0 spiro atoms. The van der Waals surface area contributed by atoms with E-state index in [0.29, 0.717) is 56.6 Å². The van der Waals surface area contributed by atoms with E-state index in [4.69, 9.17) is 32.6 Å². The van der Waals surface area contributed by atoms with Gasteiger partial charge in [0, 0.05) is 38.3 Å². The van der Waals surface area contributed by atoms with Gasteiger partial charge in [0.25, 0.3) is 5.91 Å². The number of aliphatic hydroxyl groups excluding tert-OH is 2. The van der Waals surface area contributed by atoms with Crippen molar-refractivity contribution in [3.05, 3.63) is 334 Å². The number of nitriles is 1. The third-order valence-corrected chi connectivity index (χ3v) is 24.0. The van der Waals surface area contributed by atoms with Crippen LogP contribution in [0.4, 0.5) is 22.7 Å². The topological polar surface area (TPSA) is 260 Å². The van der Waals surface area contributed by atoms with E-state index in [1.54, 1.807) is 79.7 Å². The van der Waals surface area contributed by atoms with Gasteiger partial charge in [-0.3, -0.25) is 9.59 Å². The number of hydrogen-bond acceptors (Lipinski definition) is 12. The number of rotatable bonds is 14. The van der Waals surface area contributed by atoms with E-state index in [0.717, 1.165) is 73.3 Å². The van der Waals surface area contributed by atoms with Crippen LogP contribution in [0.5, 0.6) is 0 Å². The van der Waals surface area contributed by atoms with Crippen molar-refractivity contribution in [3.8, 4) is 17.4 Å². The molecule has 554 valence electrons. The van der Waals surface area contributed by atoms with E-state index >= 15 is 0 Å². The van der Waals surface area contributed by atoms with Gasteiger partial charge in [-0.25, -0.2) is 23.2 Å². The molecule has 0 radical (unpaired) electrons. The van der Waals surface area contributed by atoms with Crippen molar-refractivity contribution in [1.29, 1.82) is 5.26 Å². The molecule has 1 aliphatic carbocycles. The quantitative estimate of drug-likeness (QED) is 0.0195. The number of aliphatic hydroxyl groups is 2. The number of amides is 1. The number of carboxylic acid groups (broad SMARTS) is 1. The molecule has 2 unspecified atom stereocenters. The first-order valence-electron chi connectivity index (χ1n) is 34.3.